The number of carbonyl (C=O) groups is 2. The van der Waals surface area contributed by atoms with Crippen molar-refractivity contribution in [2.75, 3.05) is 18.5 Å². The van der Waals surface area contributed by atoms with Crippen LogP contribution in [0.3, 0.4) is 0 Å². The minimum Gasteiger partial charge on any atom is -0.451 e. The average Bonchev–Trinajstić information content (AvgIpc) is 3.23. The van der Waals surface area contributed by atoms with Crippen LogP contribution in [0.2, 0.25) is 0 Å². The maximum atomic E-state index is 12.8. The minimum absolute atomic E-state index is 0.139. The van der Waals surface area contributed by atoms with Gasteiger partial charge in [0.1, 0.15) is 5.58 Å². The maximum absolute atomic E-state index is 12.8. The lowest BCUT2D eigenvalue weighted by Gasteiger charge is -2.25. The Hall–Kier alpha value is -2.87. The molecule has 1 aliphatic heterocycles. The lowest BCUT2D eigenvalue weighted by molar-refractivity contribution is 0.0706. The standard InChI is InChI=1S/C18H17N3O4S/c1-2-24-18(23)20-17-19-12-7-8-21(10-15(12)26-17)16(22)14-9-11-5-3-4-6-13(11)25-14/h3-6,9H,2,7-8,10H2,1H3,(H,19,20,23). The number of thiazole rings is 1. The molecule has 0 unspecified atom stereocenters. The van der Waals surface area contributed by atoms with E-state index in [-0.39, 0.29) is 5.91 Å². The fourth-order valence-electron chi connectivity index (χ4n) is 2.92. The van der Waals surface area contributed by atoms with Gasteiger partial charge < -0.3 is 14.1 Å². The topological polar surface area (TPSA) is 84.7 Å². The summed E-state index contributed by atoms with van der Waals surface area (Å²) in [5.74, 6) is 0.198. The van der Waals surface area contributed by atoms with Crippen molar-refractivity contribution in [2.24, 2.45) is 0 Å². The highest BCUT2D eigenvalue weighted by molar-refractivity contribution is 7.15. The molecular formula is C18H17N3O4S. The van der Waals surface area contributed by atoms with Crippen LogP contribution < -0.4 is 5.32 Å². The van der Waals surface area contributed by atoms with Gasteiger partial charge in [0, 0.05) is 23.2 Å². The quantitative estimate of drug-likeness (QED) is 0.759. The summed E-state index contributed by atoms with van der Waals surface area (Å²) in [6.07, 6.45) is 0.122. The lowest BCUT2D eigenvalue weighted by atomic mass is 10.1. The molecule has 0 spiro atoms. The number of fused-ring (bicyclic) bond motifs is 2. The van der Waals surface area contributed by atoms with Crippen LogP contribution in [0.5, 0.6) is 0 Å². The monoisotopic (exact) mass is 371 g/mol. The summed E-state index contributed by atoms with van der Waals surface area (Å²) in [6, 6.07) is 9.32. The zero-order valence-electron chi connectivity index (χ0n) is 14.2. The fraction of sp³-hybridized carbons (Fsp3) is 0.278. The Morgan fingerprint density at radius 2 is 2.23 bits per heavy atom. The molecule has 0 bridgehead atoms. The maximum Gasteiger partial charge on any atom is 0.413 e. The van der Waals surface area contributed by atoms with Gasteiger partial charge in [0.05, 0.1) is 18.8 Å². The van der Waals surface area contributed by atoms with Crippen molar-refractivity contribution < 1.29 is 18.7 Å². The summed E-state index contributed by atoms with van der Waals surface area (Å²) in [5, 5.41) is 4.02. The molecule has 0 saturated carbocycles. The molecule has 4 rings (SSSR count). The molecule has 0 aliphatic carbocycles. The Morgan fingerprint density at radius 1 is 1.38 bits per heavy atom. The van der Waals surface area contributed by atoms with Crippen molar-refractivity contribution in [3.8, 4) is 0 Å². The Kier molecular flexibility index (Phi) is 4.34. The van der Waals surface area contributed by atoms with E-state index in [1.165, 1.54) is 11.3 Å². The van der Waals surface area contributed by atoms with E-state index in [9.17, 15) is 9.59 Å². The first-order valence-electron chi connectivity index (χ1n) is 8.34. The van der Waals surface area contributed by atoms with Gasteiger partial charge in [-0.2, -0.15) is 0 Å². The van der Waals surface area contributed by atoms with Crippen LogP contribution in [0.25, 0.3) is 11.0 Å². The molecule has 0 saturated heterocycles. The smallest absolute Gasteiger partial charge is 0.413 e. The fourth-order valence-corrected chi connectivity index (χ4v) is 3.93. The highest BCUT2D eigenvalue weighted by atomic mass is 32.1. The number of para-hydroxylation sites is 1. The second kappa shape index (κ2) is 6.80. The van der Waals surface area contributed by atoms with Crippen molar-refractivity contribution in [3.63, 3.8) is 0 Å². The van der Waals surface area contributed by atoms with E-state index >= 15 is 0 Å². The number of benzene rings is 1. The molecular weight excluding hydrogens is 354 g/mol. The van der Waals surface area contributed by atoms with Crippen molar-refractivity contribution >= 4 is 39.4 Å². The molecule has 1 aliphatic rings. The van der Waals surface area contributed by atoms with Gasteiger partial charge in [-0.15, -0.1) is 0 Å². The number of amides is 2. The molecule has 134 valence electrons. The van der Waals surface area contributed by atoms with E-state index in [1.54, 1.807) is 17.9 Å². The van der Waals surface area contributed by atoms with E-state index in [4.69, 9.17) is 9.15 Å². The number of carbonyl (C=O) groups excluding carboxylic acids is 2. The molecule has 0 atom stereocenters. The predicted molar refractivity (Wildman–Crippen MR) is 97.4 cm³/mol. The van der Waals surface area contributed by atoms with Gasteiger partial charge in [0.25, 0.3) is 5.91 Å². The normalized spacial score (nSPS) is 13.5. The van der Waals surface area contributed by atoms with Crippen LogP contribution in [-0.2, 0) is 17.7 Å². The van der Waals surface area contributed by atoms with Gasteiger partial charge in [-0.3, -0.25) is 10.1 Å². The molecule has 8 heteroatoms. The first-order valence-corrected chi connectivity index (χ1v) is 9.16. The van der Waals surface area contributed by atoms with Gasteiger partial charge in [-0.05, 0) is 19.1 Å². The molecule has 3 aromatic rings. The highest BCUT2D eigenvalue weighted by Gasteiger charge is 2.27. The van der Waals surface area contributed by atoms with Crippen LogP contribution in [0.15, 0.2) is 34.7 Å². The van der Waals surface area contributed by atoms with Gasteiger partial charge in [-0.25, -0.2) is 9.78 Å². The molecule has 2 aromatic heterocycles. The van der Waals surface area contributed by atoms with Crippen molar-refractivity contribution in [1.29, 1.82) is 0 Å². The van der Waals surface area contributed by atoms with Gasteiger partial charge in [0.2, 0.25) is 0 Å². The zero-order valence-corrected chi connectivity index (χ0v) is 15.0. The Balaban J connectivity index is 1.50. The number of aromatic nitrogens is 1. The van der Waals surface area contributed by atoms with Crippen LogP contribution >= 0.6 is 11.3 Å². The third-order valence-electron chi connectivity index (χ3n) is 4.14. The number of ether oxygens (including phenoxy) is 1. The van der Waals surface area contributed by atoms with E-state index in [0.29, 0.717) is 42.6 Å². The third-order valence-corrected chi connectivity index (χ3v) is 5.14. The van der Waals surface area contributed by atoms with E-state index in [2.05, 4.69) is 10.3 Å². The Labute approximate surface area is 153 Å². The number of anilines is 1. The number of nitrogens with one attached hydrogen (secondary N) is 1. The number of furan rings is 1. The highest BCUT2D eigenvalue weighted by Crippen LogP contribution is 2.30. The molecule has 0 fully saturated rings. The van der Waals surface area contributed by atoms with Crippen LogP contribution in [-0.4, -0.2) is 35.0 Å². The zero-order chi connectivity index (χ0) is 18.1. The van der Waals surface area contributed by atoms with Gasteiger partial charge in [-0.1, -0.05) is 29.5 Å². The third kappa shape index (κ3) is 3.15. The van der Waals surface area contributed by atoms with Crippen molar-refractivity contribution in [3.05, 3.63) is 46.7 Å². The summed E-state index contributed by atoms with van der Waals surface area (Å²) >= 11 is 1.36. The Bertz CT molecular complexity index is 945. The number of nitrogens with zero attached hydrogens (tertiary/aromatic N) is 2. The summed E-state index contributed by atoms with van der Waals surface area (Å²) < 4.78 is 10.5. The van der Waals surface area contributed by atoms with Crippen LogP contribution in [0, 0.1) is 0 Å². The van der Waals surface area contributed by atoms with E-state index in [1.807, 2.05) is 24.3 Å². The Morgan fingerprint density at radius 3 is 3.04 bits per heavy atom. The summed E-state index contributed by atoms with van der Waals surface area (Å²) in [7, 11) is 0. The minimum atomic E-state index is -0.520. The molecule has 0 radical (unpaired) electrons. The molecule has 3 heterocycles. The van der Waals surface area contributed by atoms with E-state index < -0.39 is 6.09 Å². The lowest BCUT2D eigenvalue weighted by Crippen LogP contribution is -2.35. The van der Waals surface area contributed by atoms with Crippen LogP contribution in [0.1, 0.15) is 28.0 Å². The number of rotatable bonds is 3. The number of hydrogen-bond donors (Lipinski definition) is 1. The van der Waals surface area contributed by atoms with Crippen molar-refractivity contribution in [1.82, 2.24) is 9.88 Å². The van der Waals surface area contributed by atoms with Gasteiger partial charge >= 0.3 is 6.09 Å². The molecule has 26 heavy (non-hydrogen) atoms. The second-order valence-electron chi connectivity index (χ2n) is 5.86. The first-order chi connectivity index (χ1) is 12.6. The predicted octanol–water partition coefficient (Wildman–Crippen LogP) is 3.66. The van der Waals surface area contributed by atoms with Crippen molar-refractivity contribution in [2.45, 2.75) is 19.9 Å². The molecule has 1 aromatic carbocycles. The summed E-state index contributed by atoms with van der Waals surface area (Å²) in [4.78, 5) is 31.4. The SMILES string of the molecule is CCOC(=O)Nc1nc2c(s1)CN(C(=O)c1cc3ccccc3o1)CC2. The molecule has 7 nitrogen and oxygen atoms in total. The largest absolute Gasteiger partial charge is 0.451 e. The summed E-state index contributed by atoms with van der Waals surface area (Å²) in [5.41, 5.74) is 1.61. The number of hydrogen-bond acceptors (Lipinski definition) is 6. The second-order valence-corrected chi connectivity index (χ2v) is 6.94. The summed E-state index contributed by atoms with van der Waals surface area (Å²) in [6.45, 7) is 3.06. The average molecular weight is 371 g/mol. The van der Waals surface area contributed by atoms with Gasteiger partial charge in [0.15, 0.2) is 10.9 Å². The van der Waals surface area contributed by atoms with Crippen LogP contribution in [0.4, 0.5) is 9.93 Å². The van der Waals surface area contributed by atoms with E-state index in [0.717, 1.165) is 16.0 Å². The molecule has 1 N–H and O–H groups in total. The molecule has 2 amide bonds. The first kappa shape index (κ1) is 16.6.